The summed E-state index contributed by atoms with van der Waals surface area (Å²) in [6.07, 6.45) is 4.86. The maximum atomic E-state index is 13.7. The zero-order chi connectivity index (χ0) is 25.2. The van der Waals surface area contributed by atoms with E-state index in [0.717, 1.165) is 43.5 Å². The molecule has 0 aliphatic carbocycles. The Morgan fingerprint density at radius 3 is 2.39 bits per heavy atom. The molecular weight excluding hydrogens is 450 g/mol. The SMILES string of the molecule is Cc1ccc(-c2cc(C(=O)Nc3ccccc3C(=O)N3CCCCC3)c3cnn(C(C)C)c3n2)cc1. The number of anilines is 1. The summed E-state index contributed by atoms with van der Waals surface area (Å²) in [5.41, 5.74) is 4.93. The number of rotatable bonds is 5. The number of nitrogens with one attached hydrogen (secondary N) is 1. The lowest BCUT2D eigenvalue weighted by Crippen LogP contribution is -2.36. The Bertz CT molecular complexity index is 1420. The van der Waals surface area contributed by atoms with Crippen LogP contribution < -0.4 is 5.32 Å². The average molecular weight is 482 g/mol. The fourth-order valence-electron chi connectivity index (χ4n) is 4.69. The van der Waals surface area contributed by atoms with Crippen LogP contribution in [-0.4, -0.2) is 44.6 Å². The van der Waals surface area contributed by atoms with Crippen molar-refractivity contribution in [2.24, 2.45) is 0 Å². The van der Waals surface area contributed by atoms with E-state index in [1.54, 1.807) is 18.3 Å². The third-order valence-corrected chi connectivity index (χ3v) is 6.70. The van der Waals surface area contributed by atoms with Gasteiger partial charge >= 0.3 is 0 Å². The second-order valence-electron chi connectivity index (χ2n) is 9.69. The Kier molecular flexibility index (Phi) is 6.55. The molecule has 5 rings (SSSR count). The third kappa shape index (κ3) is 4.61. The molecule has 1 aliphatic rings. The number of piperidine rings is 1. The van der Waals surface area contributed by atoms with Crippen LogP contribution >= 0.6 is 0 Å². The van der Waals surface area contributed by atoms with Crippen molar-refractivity contribution in [3.63, 3.8) is 0 Å². The van der Waals surface area contributed by atoms with Crippen molar-refractivity contribution in [1.29, 1.82) is 0 Å². The van der Waals surface area contributed by atoms with Crippen LogP contribution in [0.15, 0.2) is 60.8 Å². The number of nitrogens with zero attached hydrogens (tertiary/aromatic N) is 4. The fraction of sp³-hybridized carbons (Fsp3) is 0.310. The standard InChI is InChI=1S/C29H31N5O2/c1-19(2)34-27-24(18-30-34)23(17-26(31-27)21-13-11-20(3)12-14-21)28(35)32-25-10-6-5-9-22(25)29(36)33-15-7-4-8-16-33/h5-6,9-14,17-19H,4,7-8,15-16H2,1-3H3,(H,32,35). The molecule has 0 saturated carbocycles. The highest BCUT2D eigenvalue weighted by Gasteiger charge is 2.23. The molecule has 0 atom stereocenters. The number of hydrogen-bond acceptors (Lipinski definition) is 4. The second-order valence-corrected chi connectivity index (χ2v) is 9.69. The van der Waals surface area contributed by atoms with E-state index in [4.69, 9.17) is 4.98 Å². The first kappa shape index (κ1) is 23.7. The first-order valence-electron chi connectivity index (χ1n) is 12.6. The molecule has 0 bridgehead atoms. The van der Waals surface area contributed by atoms with Gasteiger partial charge in [-0.15, -0.1) is 0 Å². The number of aromatic nitrogens is 3. The van der Waals surface area contributed by atoms with Crippen LogP contribution in [0.3, 0.4) is 0 Å². The second kappa shape index (κ2) is 9.93. The number of carbonyl (C=O) groups is 2. The van der Waals surface area contributed by atoms with Gasteiger partial charge in [-0.2, -0.15) is 5.10 Å². The van der Waals surface area contributed by atoms with E-state index in [1.165, 1.54) is 0 Å². The van der Waals surface area contributed by atoms with Crippen molar-refractivity contribution in [2.75, 3.05) is 18.4 Å². The highest BCUT2D eigenvalue weighted by atomic mass is 16.2. The minimum atomic E-state index is -0.294. The van der Waals surface area contributed by atoms with Crippen molar-refractivity contribution < 1.29 is 9.59 Å². The Hall–Kier alpha value is -4.00. The summed E-state index contributed by atoms with van der Waals surface area (Å²) in [7, 11) is 0. The van der Waals surface area contributed by atoms with E-state index in [2.05, 4.69) is 10.4 Å². The summed E-state index contributed by atoms with van der Waals surface area (Å²) in [6, 6.07) is 17.2. The van der Waals surface area contributed by atoms with Gasteiger partial charge in [-0.3, -0.25) is 9.59 Å². The van der Waals surface area contributed by atoms with Gasteiger partial charge < -0.3 is 10.2 Å². The molecule has 2 amide bonds. The smallest absolute Gasteiger partial charge is 0.256 e. The minimum Gasteiger partial charge on any atom is -0.339 e. The molecule has 0 spiro atoms. The summed E-state index contributed by atoms with van der Waals surface area (Å²) >= 11 is 0. The van der Waals surface area contributed by atoms with Gasteiger partial charge in [0.1, 0.15) is 0 Å². The number of hydrogen-bond donors (Lipinski definition) is 1. The monoisotopic (exact) mass is 481 g/mol. The fourth-order valence-corrected chi connectivity index (χ4v) is 4.69. The zero-order valence-electron chi connectivity index (χ0n) is 21.0. The lowest BCUT2D eigenvalue weighted by Gasteiger charge is -2.27. The Balaban J connectivity index is 1.54. The van der Waals surface area contributed by atoms with Crippen LogP contribution in [0.5, 0.6) is 0 Å². The van der Waals surface area contributed by atoms with E-state index >= 15 is 0 Å². The van der Waals surface area contributed by atoms with E-state index in [9.17, 15) is 9.59 Å². The largest absolute Gasteiger partial charge is 0.339 e. The van der Waals surface area contributed by atoms with Gasteiger partial charge in [-0.05, 0) is 58.2 Å². The predicted molar refractivity (Wildman–Crippen MR) is 142 cm³/mol. The summed E-state index contributed by atoms with van der Waals surface area (Å²) < 4.78 is 1.83. The summed E-state index contributed by atoms with van der Waals surface area (Å²) in [6.45, 7) is 7.61. The van der Waals surface area contributed by atoms with Crippen molar-refractivity contribution in [3.05, 3.63) is 77.5 Å². The average Bonchev–Trinajstić information content (AvgIpc) is 3.33. The number of benzene rings is 2. The van der Waals surface area contributed by atoms with Gasteiger partial charge in [-0.1, -0.05) is 42.0 Å². The first-order chi connectivity index (χ1) is 17.4. The predicted octanol–water partition coefficient (Wildman–Crippen LogP) is 5.87. The molecule has 1 saturated heterocycles. The molecule has 36 heavy (non-hydrogen) atoms. The summed E-state index contributed by atoms with van der Waals surface area (Å²) in [5.74, 6) is -0.337. The van der Waals surface area contributed by atoms with Crippen LogP contribution in [0, 0.1) is 6.92 Å². The van der Waals surface area contributed by atoms with Gasteiger partial charge in [-0.25, -0.2) is 9.67 Å². The number of carbonyl (C=O) groups excluding carboxylic acids is 2. The van der Waals surface area contributed by atoms with Crippen LogP contribution in [0.4, 0.5) is 5.69 Å². The normalized spacial score (nSPS) is 13.8. The lowest BCUT2D eigenvalue weighted by molar-refractivity contribution is 0.0725. The molecule has 7 nitrogen and oxygen atoms in total. The maximum Gasteiger partial charge on any atom is 0.256 e. The Labute approximate surface area is 211 Å². The van der Waals surface area contributed by atoms with E-state index in [1.807, 2.05) is 72.8 Å². The molecule has 184 valence electrons. The molecule has 1 fully saturated rings. The van der Waals surface area contributed by atoms with Crippen molar-refractivity contribution in [2.45, 2.75) is 46.1 Å². The van der Waals surface area contributed by atoms with E-state index < -0.39 is 0 Å². The summed E-state index contributed by atoms with van der Waals surface area (Å²) in [4.78, 5) is 33.7. The van der Waals surface area contributed by atoms with Crippen molar-refractivity contribution >= 4 is 28.5 Å². The van der Waals surface area contributed by atoms with Crippen LogP contribution in [0.25, 0.3) is 22.3 Å². The van der Waals surface area contributed by atoms with Gasteiger partial charge in [0.15, 0.2) is 5.65 Å². The number of fused-ring (bicyclic) bond motifs is 1. The van der Waals surface area contributed by atoms with Gasteiger partial charge in [0, 0.05) is 24.7 Å². The number of pyridine rings is 1. The molecule has 0 radical (unpaired) electrons. The number of para-hydroxylation sites is 1. The molecule has 2 aromatic carbocycles. The molecule has 4 aromatic rings. The van der Waals surface area contributed by atoms with Crippen LogP contribution in [0.2, 0.25) is 0 Å². The lowest BCUT2D eigenvalue weighted by atomic mass is 10.0. The van der Waals surface area contributed by atoms with Crippen molar-refractivity contribution in [1.82, 2.24) is 19.7 Å². The molecule has 3 heterocycles. The van der Waals surface area contributed by atoms with Gasteiger partial charge in [0.25, 0.3) is 11.8 Å². The molecule has 0 unspecified atom stereocenters. The minimum absolute atomic E-state index is 0.0431. The maximum absolute atomic E-state index is 13.7. The van der Waals surface area contributed by atoms with Crippen LogP contribution in [-0.2, 0) is 0 Å². The quantitative estimate of drug-likeness (QED) is 0.387. The third-order valence-electron chi connectivity index (χ3n) is 6.70. The zero-order valence-corrected chi connectivity index (χ0v) is 21.0. The molecular formula is C29H31N5O2. The van der Waals surface area contributed by atoms with Gasteiger partial charge in [0.05, 0.1) is 34.1 Å². The number of likely N-dealkylation sites (tertiary alicyclic amines) is 1. The molecule has 2 aromatic heterocycles. The highest BCUT2D eigenvalue weighted by molar-refractivity contribution is 6.14. The molecule has 1 aliphatic heterocycles. The van der Waals surface area contributed by atoms with Crippen molar-refractivity contribution in [3.8, 4) is 11.3 Å². The summed E-state index contributed by atoms with van der Waals surface area (Å²) in [5, 5.41) is 8.21. The van der Waals surface area contributed by atoms with Gasteiger partial charge in [0.2, 0.25) is 0 Å². The van der Waals surface area contributed by atoms with E-state index in [-0.39, 0.29) is 17.9 Å². The molecule has 1 N–H and O–H groups in total. The molecule has 7 heteroatoms. The number of amides is 2. The number of aryl methyl sites for hydroxylation is 1. The van der Waals surface area contributed by atoms with Crippen LogP contribution in [0.1, 0.15) is 65.4 Å². The first-order valence-corrected chi connectivity index (χ1v) is 12.6. The highest BCUT2D eigenvalue weighted by Crippen LogP contribution is 2.28. The Morgan fingerprint density at radius 2 is 1.67 bits per heavy atom. The Morgan fingerprint density at radius 1 is 0.944 bits per heavy atom. The topological polar surface area (TPSA) is 80.1 Å². The van der Waals surface area contributed by atoms with E-state index in [0.29, 0.717) is 33.5 Å².